The predicted octanol–water partition coefficient (Wildman–Crippen LogP) is 3.04. The summed E-state index contributed by atoms with van der Waals surface area (Å²) in [6.45, 7) is 2.29. The molecule has 9 heteroatoms. The number of hydrogen-bond donors (Lipinski definition) is 0. The number of ether oxygens (including phenoxy) is 4. The topological polar surface area (TPSA) is 77.5 Å². The molecule has 2 atom stereocenters. The molecule has 0 aliphatic carbocycles. The van der Waals surface area contributed by atoms with Gasteiger partial charge in [-0.15, -0.1) is 11.3 Å². The van der Waals surface area contributed by atoms with Gasteiger partial charge in [-0.1, -0.05) is 6.07 Å². The third kappa shape index (κ3) is 3.68. The van der Waals surface area contributed by atoms with E-state index < -0.39 is 17.7 Å². The molecule has 1 aromatic carbocycles. The number of methoxy groups -OCH3 is 2. The van der Waals surface area contributed by atoms with Crippen LogP contribution in [0, 0.1) is 0 Å². The number of rotatable bonds is 4. The van der Waals surface area contributed by atoms with Crippen molar-refractivity contribution in [1.82, 2.24) is 9.80 Å². The Morgan fingerprint density at radius 2 is 1.79 bits per heavy atom. The molecular weight excluding hydrogens is 444 g/mol. The van der Waals surface area contributed by atoms with Gasteiger partial charge in [0.1, 0.15) is 0 Å². The van der Waals surface area contributed by atoms with E-state index in [1.165, 1.54) is 7.11 Å². The first-order valence-electron chi connectivity index (χ1n) is 11.1. The second-order valence-corrected chi connectivity index (χ2v) is 9.56. The van der Waals surface area contributed by atoms with Crippen LogP contribution in [0.3, 0.4) is 0 Å². The monoisotopic (exact) mass is 472 g/mol. The van der Waals surface area contributed by atoms with E-state index in [1.54, 1.807) is 42.5 Å². The van der Waals surface area contributed by atoms with E-state index >= 15 is 0 Å². The maximum Gasteiger partial charge on any atom is 0.254 e. The van der Waals surface area contributed by atoms with Gasteiger partial charge in [-0.05, 0) is 29.1 Å². The lowest BCUT2D eigenvalue weighted by Gasteiger charge is -2.43. The molecular formula is C24H28N2O6S. The third-order valence-electron chi connectivity index (χ3n) is 6.93. The number of fused-ring (bicyclic) bond motifs is 1. The van der Waals surface area contributed by atoms with Gasteiger partial charge in [-0.25, -0.2) is 0 Å². The van der Waals surface area contributed by atoms with Gasteiger partial charge in [-0.3, -0.25) is 9.59 Å². The SMILES string of the molecule is COc1cc2c(cc1OC)[C@H](C(=O)N1CCC3(CC1)OCCO3)[C@H](c1cccs1)N(C)C2=O. The van der Waals surface area contributed by atoms with Gasteiger partial charge in [0.2, 0.25) is 5.91 Å². The quantitative estimate of drug-likeness (QED) is 0.681. The fraction of sp³-hybridized carbons (Fsp3) is 0.500. The average Bonchev–Trinajstić information content (AvgIpc) is 3.53. The van der Waals surface area contributed by atoms with Crippen molar-refractivity contribution >= 4 is 23.2 Å². The van der Waals surface area contributed by atoms with E-state index in [-0.39, 0.29) is 11.8 Å². The molecule has 0 bridgehead atoms. The molecule has 3 aliphatic rings. The fourth-order valence-corrected chi connectivity index (χ4v) is 6.09. The minimum absolute atomic E-state index is 0.00549. The summed E-state index contributed by atoms with van der Waals surface area (Å²) in [6, 6.07) is 7.01. The van der Waals surface area contributed by atoms with Crippen LogP contribution in [0.1, 0.15) is 45.6 Å². The molecule has 2 saturated heterocycles. The van der Waals surface area contributed by atoms with Crippen molar-refractivity contribution in [2.24, 2.45) is 0 Å². The average molecular weight is 473 g/mol. The number of likely N-dealkylation sites (N-methyl/N-ethyl adjacent to an activating group) is 1. The van der Waals surface area contributed by atoms with Gasteiger partial charge in [0, 0.05) is 43.4 Å². The van der Waals surface area contributed by atoms with Crippen molar-refractivity contribution in [1.29, 1.82) is 0 Å². The van der Waals surface area contributed by atoms with E-state index in [2.05, 4.69) is 0 Å². The Balaban J connectivity index is 1.56. The molecule has 0 unspecified atom stereocenters. The molecule has 33 heavy (non-hydrogen) atoms. The number of nitrogens with zero attached hydrogens (tertiary/aromatic N) is 2. The molecule has 2 aromatic rings. The molecule has 3 aliphatic heterocycles. The van der Waals surface area contributed by atoms with Crippen LogP contribution < -0.4 is 9.47 Å². The molecule has 2 amide bonds. The van der Waals surface area contributed by atoms with E-state index in [9.17, 15) is 9.59 Å². The maximum atomic E-state index is 14.1. The first-order chi connectivity index (χ1) is 16.0. The summed E-state index contributed by atoms with van der Waals surface area (Å²) in [4.78, 5) is 32.0. The number of hydrogen-bond acceptors (Lipinski definition) is 7. The number of piperidine rings is 1. The summed E-state index contributed by atoms with van der Waals surface area (Å²) in [5.41, 5.74) is 1.14. The number of carbonyl (C=O) groups excluding carboxylic acids is 2. The third-order valence-corrected chi connectivity index (χ3v) is 7.87. The van der Waals surface area contributed by atoms with Crippen LogP contribution in [-0.2, 0) is 14.3 Å². The van der Waals surface area contributed by atoms with Crippen molar-refractivity contribution in [3.05, 3.63) is 45.6 Å². The summed E-state index contributed by atoms with van der Waals surface area (Å²) in [7, 11) is 4.85. The molecule has 8 nitrogen and oxygen atoms in total. The van der Waals surface area contributed by atoms with Gasteiger partial charge in [0.25, 0.3) is 5.91 Å². The Labute approximate surface area is 197 Å². The maximum absolute atomic E-state index is 14.1. The van der Waals surface area contributed by atoms with Gasteiger partial charge >= 0.3 is 0 Å². The van der Waals surface area contributed by atoms with Crippen molar-refractivity contribution < 1.29 is 28.5 Å². The zero-order chi connectivity index (χ0) is 23.2. The number of likely N-dealkylation sites (tertiary alicyclic amines) is 1. The molecule has 2 fully saturated rings. The second-order valence-electron chi connectivity index (χ2n) is 8.58. The highest BCUT2D eigenvalue weighted by Crippen LogP contribution is 2.47. The molecule has 0 N–H and O–H groups in total. The van der Waals surface area contributed by atoms with E-state index in [1.807, 2.05) is 22.4 Å². The standard InChI is InChI=1S/C24H28N2O6S/c1-25-21(19-5-4-12-33-19)20(15-13-17(29-2)18(30-3)14-16(15)22(25)27)23(28)26-8-6-24(7-9-26)31-10-11-32-24/h4-5,12-14,20-21H,6-11H2,1-3H3/t20-,21-/m0/s1. The van der Waals surface area contributed by atoms with Crippen LogP contribution in [0.25, 0.3) is 0 Å². The highest BCUT2D eigenvalue weighted by molar-refractivity contribution is 7.10. The molecule has 4 heterocycles. The van der Waals surface area contributed by atoms with Crippen LogP contribution >= 0.6 is 11.3 Å². The van der Waals surface area contributed by atoms with Crippen LogP contribution in [-0.4, -0.2) is 75.0 Å². The Hall–Kier alpha value is -2.62. The molecule has 0 saturated carbocycles. The molecule has 5 rings (SSSR count). The van der Waals surface area contributed by atoms with E-state index in [0.717, 1.165) is 4.88 Å². The van der Waals surface area contributed by atoms with Crippen molar-refractivity contribution in [3.63, 3.8) is 0 Å². The smallest absolute Gasteiger partial charge is 0.254 e. The zero-order valence-electron chi connectivity index (χ0n) is 19.0. The summed E-state index contributed by atoms with van der Waals surface area (Å²) in [6.07, 6.45) is 1.28. The summed E-state index contributed by atoms with van der Waals surface area (Å²) < 4.78 is 22.6. The fourth-order valence-electron chi connectivity index (χ4n) is 5.18. The van der Waals surface area contributed by atoms with E-state index in [4.69, 9.17) is 18.9 Å². The van der Waals surface area contributed by atoms with Gasteiger partial charge in [-0.2, -0.15) is 0 Å². The van der Waals surface area contributed by atoms with Crippen LogP contribution in [0.4, 0.5) is 0 Å². The summed E-state index contributed by atoms with van der Waals surface area (Å²) in [5.74, 6) is -0.290. The van der Waals surface area contributed by atoms with Crippen molar-refractivity contribution in [2.75, 3.05) is 47.6 Å². The van der Waals surface area contributed by atoms with Crippen molar-refractivity contribution in [2.45, 2.75) is 30.6 Å². The van der Waals surface area contributed by atoms with Crippen molar-refractivity contribution in [3.8, 4) is 11.5 Å². The Morgan fingerprint density at radius 1 is 1.12 bits per heavy atom. The van der Waals surface area contributed by atoms with Crippen LogP contribution in [0.2, 0.25) is 0 Å². The minimum Gasteiger partial charge on any atom is -0.493 e. The number of thiophene rings is 1. The molecule has 1 spiro atoms. The highest BCUT2D eigenvalue weighted by atomic mass is 32.1. The van der Waals surface area contributed by atoms with Gasteiger partial charge < -0.3 is 28.7 Å². The van der Waals surface area contributed by atoms with Crippen LogP contribution in [0.5, 0.6) is 11.5 Å². The number of carbonyl (C=O) groups is 2. The highest BCUT2D eigenvalue weighted by Gasteiger charge is 2.47. The first-order valence-corrected chi connectivity index (χ1v) is 12.0. The molecule has 1 aromatic heterocycles. The zero-order valence-corrected chi connectivity index (χ0v) is 19.9. The Kier molecular flexibility index (Phi) is 5.80. The summed E-state index contributed by atoms with van der Waals surface area (Å²) >= 11 is 1.55. The Morgan fingerprint density at radius 3 is 2.39 bits per heavy atom. The summed E-state index contributed by atoms with van der Waals surface area (Å²) in [5, 5.41) is 1.97. The second kappa shape index (κ2) is 8.62. The van der Waals surface area contributed by atoms with Crippen LogP contribution in [0.15, 0.2) is 29.6 Å². The van der Waals surface area contributed by atoms with E-state index in [0.29, 0.717) is 61.8 Å². The predicted molar refractivity (Wildman–Crippen MR) is 122 cm³/mol. The minimum atomic E-state index is -0.558. The van der Waals surface area contributed by atoms with Gasteiger partial charge in [0.15, 0.2) is 17.3 Å². The molecule has 176 valence electrons. The lowest BCUT2D eigenvalue weighted by molar-refractivity contribution is -0.188. The number of benzene rings is 1. The largest absolute Gasteiger partial charge is 0.493 e. The molecule has 0 radical (unpaired) electrons. The Bertz CT molecular complexity index is 1040. The first kappa shape index (κ1) is 22.2. The number of amides is 2. The normalized spacial score (nSPS) is 24.2. The lowest BCUT2D eigenvalue weighted by Crippen LogP contribution is -2.51. The lowest BCUT2D eigenvalue weighted by atomic mass is 9.80. The van der Waals surface area contributed by atoms with Gasteiger partial charge in [0.05, 0.1) is 39.4 Å².